The molecule has 1 fully saturated rings. The summed E-state index contributed by atoms with van der Waals surface area (Å²) < 4.78 is 11.0. The van der Waals surface area contributed by atoms with Crippen LogP contribution in [0.15, 0.2) is 78.4 Å². The third kappa shape index (κ3) is 5.61. The number of benzene rings is 3. The smallest absolute Gasteiger partial charge is 0.295 e. The molecule has 186 valence electrons. The van der Waals surface area contributed by atoms with Crippen molar-refractivity contribution in [3.63, 3.8) is 0 Å². The van der Waals surface area contributed by atoms with Crippen molar-refractivity contribution in [1.82, 2.24) is 4.90 Å². The number of likely N-dealkylation sites (tertiary alicyclic amines) is 1. The van der Waals surface area contributed by atoms with Crippen molar-refractivity contribution in [3.05, 3.63) is 106 Å². The van der Waals surface area contributed by atoms with Crippen LogP contribution in [0, 0.1) is 6.92 Å². The summed E-state index contributed by atoms with van der Waals surface area (Å²) in [5.41, 5.74) is 3.31. The summed E-state index contributed by atoms with van der Waals surface area (Å²) in [5.74, 6) is -0.998. The third-order valence-electron chi connectivity index (χ3n) is 6.07. The van der Waals surface area contributed by atoms with Crippen molar-refractivity contribution in [3.8, 4) is 5.75 Å². The van der Waals surface area contributed by atoms with Crippen LogP contribution < -0.4 is 4.74 Å². The maximum atomic E-state index is 13.1. The van der Waals surface area contributed by atoms with E-state index < -0.39 is 17.7 Å². The summed E-state index contributed by atoms with van der Waals surface area (Å²) in [4.78, 5) is 27.5. The van der Waals surface area contributed by atoms with Crippen LogP contribution in [0.1, 0.15) is 34.7 Å². The lowest BCUT2D eigenvalue weighted by molar-refractivity contribution is -0.140. The normalized spacial score (nSPS) is 17.0. The molecule has 3 aromatic rings. The Balaban J connectivity index is 1.63. The van der Waals surface area contributed by atoms with Crippen molar-refractivity contribution in [1.29, 1.82) is 0 Å². The SMILES string of the molecule is COCCCN1C(=O)C(=O)/C(=C(/O)c2ccc(OCc3cccc(C)c3)cc2)[C@@H]1c1cccc(Cl)c1. The number of amides is 1. The molecule has 0 spiro atoms. The van der Waals surface area contributed by atoms with E-state index in [0.29, 0.717) is 48.1 Å². The topological polar surface area (TPSA) is 76.1 Å². The van der Waals surface area contributed by atoms with Crippen molar-refractivity contribution in [2.24, 2.45) is 0 Å². The number of halogens is 1. The summed E-state index contributed by atoms with van der Waals surface area (Å²) in [7, 11) is 1.58. The number of nitrogens with zero attached hydrogens (tertiary/aromatic N) is 1. The molecule has 6 nitrogen and oxygen atoms in total. The van der Waals surface area contributed by atoms with Crippen molar-refractivity contribution in [2.45, 2.75) is 26.0 Å². The van der Waals surface area contributed by atoms with E-state index in [2.05, 4.69) is 6.07 Å². The minimum Gasteiger partial charge on any atom is -0.507 e. The van der Waals surface area contributed by atoms with Gasteiger partial charge in [-0.3, -0.25) is 9.59 Å². The summed E-state index contributed by atoms with van der Waals surface area (Å²) >= 11 is 6.21. The van der Waals surface area contributed by atoms with Gasteiger partial charge in [-0.1, -0.05) is 53.6 Å². The fourth-order valence-electron chi connectivity index (χ4n) is 4.35. The Bertz CT molecular complexity index is 1280. The average Bonchev–Trinajstić information content (AvgIpc) is 3.13. The average molecular weight is 506 g/mol. The molecule has 0 aromatic heterocycles. The first-order valence-electron chi connectivity index (χ1n) is 11.7. The highest BCUT2D eigenvalue weighted by Gasteiger charge is 2.45. The molecule has 7 heteroatoms. The van der Waals surface area contributed by atoms with Gasteiger partial charge in [0.05, 0.1) is 11.6 Å². The number of hydrogen-bond donors (Lipinski definition) is 1. The Morgan fingerprint density at radius 1 is 1.03 bits per heavy atom. The van der Waals surface area contributed by atoms with Gasteiger partial charge in [-0.25, -0.2) is 0 Å². The van der Waals surface area contributed by atoms with E-state index in [1.54, 1.807) is 55.6 Å². The van der Waals surface area contributed by atoms with Gasteiger partial charge in [0.2, 0.25) is 0 Å². The molecule has 0 unspecified atom stereocenters. The van der Waals surface area contributed by atoms with E-state index in [1.807, 2.05) is 25.1 Å². The molecule has 0 radical (unpaired) electrons. The second-order valence-corrected chi connectivity index (χ2v) is 9.13. The molecular weight excluding hydrogens is 478 g/mol. The lowest BCUT2D eigenvalue weighted by Crippen LogP contribution is -2.31. The van der Waals surface area contributed by atoms with E-state index in [1.165, 1.54) is 4.90 Å². The fraction of sp³-hybridized carbons (Fsp3) is 0.241. The molecule has 0 aliphatic carbocycles. The molecule has 1 atom stereocenters. The van der Waals surface area contributed by atoms with Crippen LogP contribution in [0.2, 0.25) is 5.02 Å². The molecule has 1 saturated heterocycles. The predicted octanol–water partition coefficient (Wildman–Crippen LogP) is 5.69. The summed E-state index contributed by atoms with van der Waals surface area (Å²) in [6.45, 7) is 3.18. The number of hydrogen-bond acceptors (Lipinski definition) is 5. The first-order chi connectivity index (χ1) is 17.4. The lowest BCUT2D eigenvalue weighted by Gasteiger charge is -2.25. The zero-order chi connectivity index (χ0) is 25.7. The zero-order valence-electron chi connectivity index (χ0n) is 20.2. The Hall–Kier alpha value is -3.61. The number of aryl methyl sites for hydroxylation is 1. The molecule has 1 aliphatic heterocycles. The molecule has 1 amide bonds. The van der Waals surface area contributed by atoms with Gasteiger partial charge < -0.3 is 19.5 Å². The van der Waals surface area contributed by atoms with Crippen LogP contribution in [-0.4, -0.2) is 42.0 Å². The molecule has 1 aliphatic rings. The summed E-state index contributed by atoms with van der Waals surface area (Å²) in [6.07, 6.45) is 0.549. The van der Waals surface area contributed by atoms with E-state index in [4.69, 9.17) is 21.1 Å². The van der Waals surface area contributed by atoms with E-state index in [-0.39, 0.29) is 11.3 Å². The van der Waals surface area contributed by atoms with Crippen LogP contribution >= 0.6 is 11.6 Å². The van der Waals surface area contributed by atoms with E-state index in [0.717, 1.165) is 11.1 Å². The summed E-state index contributed by atoms with van der Waals surface area (Å²) in [5, 5.41) is 11.7. The lowest BCUT2D eigenvalue weighted by atomic mass is 9.95. The number of carbonyl (C=O) groups is 2. The highest BCUT2D eigenvalue weighted by Crippen LogP contribution is 2.40. The third-order valence-corrected chi connectivity index (χ3v) is 6.30. The predicted molar refractivity (Wildman–Crippen MR) is 139 cm³/mol. The van der Waals surface area contributed by atoms with Crippen LogP contribution in [0.3, 0.4) is 0 Å². The Labute approximate surface area is 215 Å². The first-order valence-corrected chi connectivity index (χ1v) is 12.1. The van der Waals surface area contributed by atoms with Gasteiger partial charge in [0.15, 0.2) is 0 Å². The molecule has 4 rings (SSSR count). The fourth-order valence-corrected chi connectivity index (χ4v) is 4.54. The minimum absolute atomic E-state index is 0.0353. The number of aliphatic hydroxyl groups excluding tert-OH is 1. The number of carbonyl (C=O) groups excluding carboxylic acids is 2. The van der Waals surface area contributed by atoms with Crippen molar-refractivity contribution in [2.75, 3.05) is 20.3 Å². The van der Waals surface area contributed by atoms with E-state index in [9.17, 15) is 14.7 Å². The second kappa shape index (κ2) is 11.4. The molecule has 0 saturated carbocycles. The van der Waals surface area contributed by atoms with Crippen molar-refractivity contribution < 1.29 is 24.2 Å². The van der Waals surface area contributed by atoms with Gasteiger partial charge in [0.1, 0.15) is 18.1 Å². The second-order valence-electron chi connectivity index (χ2n) is 8.70. The van der Waals surface area contributed by atoms with Gasteiger partial charge in [-0.2, -0.15) is 0 Å². The van der Waals surface area contributed by atoms with Gasteiger partial charge in [-0.15, -0.1) is 0 Å². The summed E-state index contributed by atoms with van der Waals surface area (Å²) in [6, 6.07) is 21.1. The Morgan fingerprint density at radius 3 is 2.47 bits per heavy atom. The number of rotatable bonds is 9. The number of ketones is 1. The standard InChI is InChI=1S/C29H28ClNO5/c1-19-6-3-7-20(16-19)18-36-24-12-10-21(11-13-24)27(32)25-26(22-8-4-9-23(30)17-22)31(14-5-15-35-2)29(34)28(25)33/h3-4,6-13,16-17,26,32H,5,14-15,18H2,1-2H3/b27-25+/t26-/m0/s1. The maximum absolute atomic E-state index is 13.1. The first kappa shape index (κ1) is 25.5. The molecule has 1 N–H and O–H groups in total. The van der Waals surface area contributed by atoms with Crippen LogP contribution in [0.25, 0.3) is 5.76 Å². The largest absolute Gasteiger partial charge is 0.507 e. The minimum atomic E-state index is -0.752. The van der Waals surface area contributed by atoms with Crippen LogP contribution in [0.5, 0.6) is 5.75 Å². The molecule has 1 heterocycles. The molecular formula is C29H28ClNO5. The highest BCUT2D eigenvalue weighted by molar-refractivity contribution is 6.46. The Morgan fingerprint density at radius 2 is 1.78 bits per heavy atom. The number of aliphatic hydroxyl groups is 1. The van der Waals surface area contributed by atoms with Crippen molar-refractivity contribution >= 4 is 29.1 Å². The van der Waals surface area contributed by atoms with Gasteiger partial charge in [-0.05, 0) is 60.9 Å². The molecule has 36 heavy (non-hydrogen) atoms. The molecule has 0 bridgehead atoms. The monoisotopic (exact) mass is 505 g/mol. The quantitative estimate of drug-likeness (QED) is 0.175. The van der Waals surface area contributed by atoms with Crippen LogP contribution in [0.4, 0.5) is 0 Å². The Kier molecular flexibility index (Phi) is 8.08. The van der Waals surface area contributed by atoms with Gasteiger partial charge >= 0.3 is 0 Å². The number of Topliss-reactive ketones (excluding diaryl/α,β-unsaturated/α-hetero) is 1. The number of ether oxygens (including phenoxy) is 2. The van der Waals surface area contributed by atoms with E-state index >= 15 is 0 Å². The van der Waals surface area contributed by atoms with Gasteiger partial charge in [0, 0.05) is 30.8 Å². The highest BCUT2D eigenvalue weighted by atomic mass is 35.5. The van der Waals surface area contributed by atoms with Gasteiger partial charge in [0.25, 0.3) is 11.7 Å². The number of methoxy groups -OCH3 is 1. The zero-order valence-corrected chi connectivity index (χ0v) is 21.0. The van der Waals surface area contributed by atoms with Crippen LogP contribution in [-0.2, 0) is 20.9 Å². The molecule has 3 aromatic carbocycles. The maximum Gasteiger partial charge on any atom is 0.295 e.